The minimum absolute atomic E-state index is 0.00448. The summed E-state index contributed by atoms with van der Waals surface area (Å²) in [5, 5.41) is 80.4. The number of carboxylic acid groups (broad SMARTS) is 2. The molecule has 29 nitrogen and oxygen atoms in total. The molecule has 3 heterocycles. The van der Waals surface area contributed by atoms with E-state index in [4.69, 9.17) is 19.9 Å². The van der Waals surface area contributed by atoms with E-state index in [1.165, 1.54) is 38.4 Å². The van der Waals surface area contributed by atoms with Crippen LogP contribution in [0.25, 0.3) is 11.2 Å². The van der Waals surface area contributed by atoms with Gasteiger partial charge in [0.05, 0.1) is 82.7 Å². The van der Waals surface area contributed by atoms with Crippen LogP contribution in [0, 0.1) is 0 Å². The number of nitrogens with two attached hydrogens (primary N) is 1. The predicted octanol–water partition coefficient (Wildman–Crippen LogP) is 1.56. The first-order chi connectivity index (χ1) is 41.3. The first kappa shape index (κ1) is 61.3. The molecule has 2 aliphatic carbocycles. The van der Waals surface area contributed by atoms with Crippen molar-refractivity contribution in [2.24, 2.45) is 0 Å². The molecule has 1 aliphatic heterocycles. The third-order valence-electron chi connectivity index (χ3n) is 15.2. The number of methoxy groups -OCH3 is 1. The fraction of sp³-hybridized carbons (Fsp3) is 0.328. The molecule has 14 N–H and O–H groups in total. The van der Waals surface area contributed by atoms with Crippen LogP contribution in [-0.2, 0) is 32.0 Å². The molecule has 6 aromatic rings. The van der Waals surface area contributed by atoms with Gasteiger partial charge >= 0.3 is 11.9 Å². The topological polar surface area (TPSA) is 460 Å². The number of H-pyrrole nitrogens is 1. The van der Waals surface area contributed by atoms with E-state index in [2.05, 4.69) is 46.5 Å². The fourth-order valence-electron chi connectivity index (χ4n) is 10.6. The number of hydrogen-bond donors (Lipinski definition) is 13. The Kier molecular flexibility index (Phi) is 17.5. The minimum Gasteiger partial charge on any atom is -0.507 e. The van der Waals surface area contributed by atoms with Gasteiger partial charge in [-0.1, -0.05) is 12.1 Å². The standard InChI is InChI=1S/C58H58N10O19/c1-23(64-51(76)26-9-11-27(12-10-26)62-21-28-22-63-50-44(65-28)54(79)68-57(59)67-50)8-13-38(70)60-14-15-61-52(77)30-16-31(33(56(82)83)17-32(30)55(80)81)53(78)66-35-18-39(86-24(2)45(35)71)87-37-20-58(84,25(3)69)19-34-41(37)49(75)43-42(47(34)73)46(72)29-6-5-7-36(85-4)40(29)48(43)74/h5-7,9-12,16-17,22-24,35,37,39,45,62,71,73,75,84H,8,13-15,18-21H2,1-4H3,(H,60,70)(H,61,77)(H,64,76)(H,66,78)(H,80,81)(H,82,83)(H3,59,63,67,68,79)/t23-,24?,35?,37+,39+,45-,58+/m1/s1. The second-order valence-corrected chi connectivity index (χ2v) is 21.0. The van der Waals surface area contributed by atoms with Crippen molar-refractivity contribution in [2.45, 2.75) is 102 Å². The second kappa shape index (κ2) is 24.8. The lowest BCUT2D eigenvalue weighted by molar-refractivity contribution is -0.248. The molecular formula is C58H58N10O19. The van der Waals surface area contributed by atoms with Gasteiger partial charge in [0.15, 0.2) is 29.0 Å². The van der Waals surface area contributed by atoms with Crippen LogP contribution in [0.15, 0.2) is 65.6 Å². The Hall–Kier alpha value is -10.2. The van der Waals surface area contributed by atoms with E-state index in [0.717, 1.165) is 13.0 Å². The number of phenolic OH excluding ortho intramolecular Hbond substituents is 2. The van der Waals surface area contributed by atoms with Gasteiger partial charge in [-0.15, -0.1) is 0 Å². The van der Waals surface area contributed by atoms with Gasteiger partial charge in [0.2, 0.25) is 17.6 Å². The van der Waals surface area contributed by atoms with Gasteiger partial charge in [-0.2, -0.15) is 4.98 Å². The first-order valence-corrected chi connectivity index (χ1v) is 27.0. The highest BCUT2D eigenvalue weighted by Crippen LogP contribution is 2.52. The zero-order valence-electron chi connectivity index (χ0n) is 46.8. The number of fused-ring (bicyclic) bond motifs is 4. The SMILES string of the molecule is COc1cccc2c1C(=O)c1c(O)c3c(c(O)c1C2=O)C[C@@](O)(C(C)=O)C[C@@H]3O[C@H]1CC(NC(=O)c2cc(C(=O)NCCNC(=O)CC[C@@H](C)NC(=O)c3ccc(NCc4cnc5nc(N)[nH]c(=O)c5n4)cc3)c(C(=O)O)cc2C(=O)O)[C@H](O)C(C)O1. The van der Waals surface area contributed by atoms with Crippen LogP contribution >= 0.6 is 0 Å². The highest BCUT2D eigenvalue weighted by molar-refractivity contribution is 6.31. The van der Waals surface area contributed by atoms with E-state index < -0.39 is 165 Å². The Morgan fingerprint density at radius 3 is 2.21 bits per heavy atom. The number of aromatic hydroxyl groups is 2. The molecule has 0 spiro atoms. The Labute approximate surface area is 491 Å². The summed E-state index contributed by atoms with van der Waals surface area (Å²) < 4.78 is 17.5. The molecule has 3 aliphatic rings. The average molecular weight is 1200 g/mol. The summed E-state index contributed by atoms with van der Waals surface area (Å²) in [7, 11) is 1.26. The molecule has 7 atom stereocenters. The van der Waals surface area contributed by atoms with Crippen LogP contribution in [0.5, 0.6) is 17.2 Å². The van der Waals surface area contributed by atoms with Gasteiger partial charge in [-0.3, -0.25) is 43.3 Å². The first-order valence-electron chi connectivity index (χ1n) is 27.0. The van der Waals surface area contributed by atoms with Crippen molar-refractivity contribution in [3.63, 3.8) is 0 Å². The van der Waals surface area contributed by atoms with Gasteiger partial charge in [0.1, 0.15) is 29.0 Å². The van der Waals surface area contributed by atoms with Gasteiger partial charge in [-0.05, 0) is 69.7 Å². The normalized spacial score (nSPS) is 19.8. The van der Waals surface area contributed by atoms with E-state index in [1.54, 1.807) is 31.2 Å². The molecule has 2 unspecified atom stereocenters. The number of nitrogen functional groups attached to an aromatic ring is 1. The number of nitrogens with one attached hydrogen (secondary N) is 6. The number of aliphatic hydroxyl groups is 2. The number of ether oxygens (including phenoxy) is 3. The minimum atomic E-state index is -2.28. The number of carbonyl (C=O) groups excluding carboxylic acids is 7. The summed E-state index contributed by atoms with van der Waals surface area (Å²) in [6, 6.07) is 10.2. The third-order valence-corrected chi connectivity index (χ3v) is 15.2. The number of carbonyl (C=O) groups is 9. The number of aromatic amines is 1. The number of hydrogen-bond acceptors (Lipinski definition) is 22. The molecule has 29 heteroatoms. The van der Waals surface area contributed by atoms with Crippen molar-refractivity contribution in [3.05, 3.63) is 138 Å². The van der Waals surface area contributed by atoms with Crippen LogP contribution in [0.3, 0.4) is 0 Å². The van der Waals surface area contributed by atoms with Crippen LogP contribution in [0.1, 0.15) is 153 Å². The lowest BCUT2D eigenvalue weighted by Gasteiger charge is -2.42. The Morgan fingerprint density at radius 2 is 1.53 bits per heavy atom. The second-order valence-electron chi connectivity index (χ2n) is 21.0. The predicted molar refractivity (Wildman–Crippen MR) is 302 cm³/mol. The van der Waals surface area contributed by atoms with E-state index in [-0.39, 0.29) is 77.6 Å². The Balaban J connectivity index is 0.810. The highest BCUT2D eigenvalue weighted by atomic mass is 16.7. The van der Waals surface area contributed by atoms with Crippen molar-refractivity contribution in [1.82, 2.24) is 41.2 Å². The van der Waals surface area contributed by atoms with Crippen LogP contribution in [-0.4, -0.2) is 160 Å². The summed E-state index contributed by atoms with van der Waals surface area (Å²) in [5.41, 5.74) is -0.822. The maximum Gasteiger partial charge on any atom is 0.336 e. The molecule has 2 aromatic heterocycles. The number of amides is 4. The number of carboxylic acids is 2. The van der Waals surface area contributed by atoms with Crippen molar-refractivity contribution in [1.29, 1.82) is 0 Å². The summed E-state index contributed by atoms with van der Waals surface area (Å²) in [6.07, 6.45) is -5.92. The number of anilines is 2. The van der Waals surface area contributed by atoms with Crippen molar-refractivity contribution < 1.29 is 88.0 Å². The number of phenols is 2. The summed E-state index contributed by atoms with van der Waals surface area (Å²) in [4.78, 5) is 146. The molecule has 0 bridgehead atoms. The molecule has 454 valence electrons. The zero-order valence-corrected chi connectivity index (χ0v) is 46.8. The summed E-state index contributed by atoms with van der Waals surface area (Å²) in [5.74, 6) is -10.9. The van der Waals surface area contributed by atoms with Gasteiger partial charge < -0.3 is 77.2 Å². The number of aromatic carboxylic acids is 2. The maximum absolute atomic E-state index is 14.1. The van der Waals surface area contributed by atoms with Crippen molar-refractivity contribution in [2.75, 3.05) is 31.2 Å². The quantitative estimate of drug-likeness (QED) is 0.0380. The number of benzene rings is 4. The Bertz CT molecular complexity index is 3930. The number of aliphatic hydroxyl groups excluding tert-OH is 1. The van der Waals surface area contributed by atoms with Gasteiger partial charge in [0, 0.05) is 72.8 Å². The average Bonchev–Trinajstić information content (AvgIpc) is 1.04. The van der Waals surface area contributed by atoms with Crippen LogP contribution in [0.4, 0.5) is 11.6 Å². The van der Waals surface area contributed by atoms with E-state index >= 15 is 0 Å². The van der Waals surface area contributed by atoms with Crippen LogP contribution in [0.2, 0.25) is 0 Å². The number of aromatic nitrogens is 4. The molecule has 1 fully saturated rings. The largest absolute Gasteiger partial charge is 0.507 e. The molecule has 4 amide bonds. The van der Waals surface area contributed by atoms with Crippen molar-refractivity contribution in [3.8, 4) is 17.2 Å². The third kappa shape index (κ3) is 12.5. The number of rotatable bonds is 20. The smallest absolute Gasteiger partial charge is 0.336 e. The lowest BCUT2D eigenvalue weighted by atomic mass is 9.72. The number of ketones is 3. The van der Waals surface area contributed by atoms with E-state index in [0.29, 0.717) is 23.0 Å². The maximum atomic E-state index is 14.1. The molecule has 1 saturated heterocycles. The molecule has 0 saturated carbocycles. The fourth-order valence-corrected chi connectivity index (χ4v) is 10.6. The Morgan fingerprint density at radius 1 is 0.862 bits per heavy atom. The molecule has 0 radical (unpaired) electrons. The molecule has 9 rings (SSSR count). The number of Topliss-reactive ketones (excluding diaryl/α,β-unsaturated/α-hetero) is 1. The summed E-state index contributed by atoms with van der Waals surface area (Å²) in [6.45, 7) is 3.90. The molecule has 4 aromatic carbocycles. The van der Waals surface area contributed by atoms with E-state index in [9.17, 15) is 78.6 Å². The van der Waals surface area contributed by atoms with E-state index in [1.807, 2.05) is 0 Å². The molecular weight excluding hydrogens is 1140 g/mol. The monoisotopic (exact) mass is 1200 g/mol. The lowest BCUT2D eigenvalue weighted by Crippen LogP contribution is -2.56. The summed E-state index contributed by atoms with van der Waals surface area (Å²) >= 11 is 0. The van der Waals surface area contributed by atoms with Crippen molar-refractivity contribution >= 4 is 75.7 Å². The number of nitrogens with zero attached hydrogens (tertiary/aromatic N) is 3. The van der Waals surface area contributed by atoms with Crippen LogP contribution < -0.4 is 42.6 Å². The van der Waals surface area contributed by atoms with Gasteiger partial charge in [-0.25, -0.2) is 19.6 Å². The molecule has 87 heavy (non-hydrogen) atoms. The zero-order chi connectivity index (χ0) is 62.9. The van der Waals surface area contributed by atoms with Gasteiger partial charge in [0.25, 0.3) is 23.3 Å². The highest BCUT2D eigenvalue weighted by Gasteiger charge is 2.50.